The van der Waals surface area contributed by atoms with Crippen molar-refractivity contribution in [3.05, 3.63) is 0 Å². The molecule has 3 atom stereocenters. The predicted molar refractivity (Wildman–Crippen MR) is 72.2 cm³/mol. The molecule has 0 aromatic carbocycles. The van der Waals surface area contributed by atoms with Crippen LogP contribution < -0.4 is 5.32 Å². The van der Waals surface area contributed by atoms with Gasteiger partial charge in [0.1, 0.15) is 0 Å². The van der Waals surface area contributed by atoms with Gasteiger partial charge in [0.15, 0.2) is 0 Å². The van der Waals surface area contributed by atoms with E-state index in [0.29, 0.717) is 6.10 Å². The summed E-state index contributed by atoms with van der Waals surface area (Å²) >= 11 is 0. The maximum absolute atomic E-state index is 5.62. The summed E-state index contributed by atoms with van der Waals surface area (Å²) in [4.78, 5) is 0. The summed E-state index contributed by atoms with van der Waals surface area (Å²) in [6.45, 7) is 5.76. The number of hydrogen-bond acceptors (Lipinski definition) is 2. The SMILES string of the molecule is CC1CCCC(CCNCCC2CCCO2)C1. The fourth-order valence-electron chi connectivity index (χ4n) is 3.39. The maximum atomic E-state index is 5.62. The van der Waals surface area contributed by atoms with Gasteiger partial charge >= 0.3 is 0 Å². The van der Waals surface area contributed by atoms with Crippen LogP contribution in [0.15, 0.2) is 0 Å². The Bertz CT molecular complexity index is 201. The molecule has 2 heteroatoms. The lowest BCUT2D eigenvalue weighted by Crippen LogP contribution is -2.24. The van der Waals surface area contributed by atoms with Crippen molar-refractivity contribution in [2.75, 3.05) is 19.7 Å². The van der Waals surface area contributed by atoms with E-state index in [-0.39, 0.29) is 0 Å². The summed E-state index contributed by atoms with van der Waals surface area (Å²) in [5, 5.41) is 3.59. The van der Waals surface area contributed by atoms with Crippen LogP contribution in [0.25, 0.3) is 0 Å². The fourth-order valence-corrected chi connectivity index (χ4v) is 3.39. The van der Waals surface area contributed by atoms with Crippen LogP contribution in [0.2, 0.25) is 0 Å². The molecule has 0 amide bonds. The highest BCUT2D eigenvalue weighted by Crippen LogP contribution is 2.30. The van der Waals surface area contributed by atoms with Crippen molar-refractivity contribution < 1.29 is 4.74 Å². The van der Waals surface area contributed by atoms with Gasteiger partial charge in [0.2, 0.25) is 0 Å². The van der Waals surface area contributed by atoms with Gasteiger partial charge in [-0.1, -0.05) is 26.2 Å². The van der Waals surface area contributed by atoms with Crippen LogP contribution >= 0.6 is 0 Å². The Morgan fingerprint density at radius 3 is 2.71 bits per heavy atom. The van der Waals surface area contributed by atoms with Crippen LogP contribution in [0.4, 0.5) is 0 Å². The molecule has 1 N–H and O–H groups in total. The van der Waals surface area contributed by atoms with Crippen LogP contribution in [-0.4, -0.2) is 25.8 Å². The molecule has 2 nitrogen and oxygen atoms in total. The first-order valence-corrected chi connectivity index (χ1v) is 7.67. The molecule has 3 unspecified atom stereocenters. The molecule has 0 aromatic rings. The van der Waals surface area contributed by atoms with Crippen molar-refractivity contribution in [2.24, 2.45) is 11.8 Å². The Morgan fingerprint density at radius 1 is 1.06 bits per heavy atom. The van der Waals surface area contributed by atoms with E-state index < -0.39 is 0 Å². The number of hydrogen-bond donors (Lipinski definition) is 1. The van der Waals surface area contributed by atoms with Gasteiger partial charge < -0.3 is 10.1 Å². The topological polar surface area (TPSA) is 21.3 Å². The summed E-state index contributed by atoms with van der Waals surface area (Å²) in [5.74, 6) is 1.97. The monoisotopic (exact) mass is 239 g/mol. The van der Waals surface area contributed by atoms with Gasteiger partial charge in [-0.15, -0.1) is 0 Å². The van der Waals surface area contributed by atoms with Crippen molar-refractivity contribution in [3.8, 4) is 0 Å². The Hall–Kier alpha value is -0.0800. The zero-order valence-electron chi connectivity index (χ0n) is 11.4. The summed E-state index contributed by atoms with van der Waals surface area (Å²) in [6, 6.07) is 0. The predicted octanol–water partition coefficient (Wildman–Crippen LogP) is 3.36. The van der Waals surface area contributed by atoms with Gasteiger partial charge in [0.25, 0.3) is 0 Å². The molecule has 2 aliphatic rings. The minimum absolute atomic E-state index is 0.553. The molecule has 0 spiro atoms. The first kappa shape index (κ1) is 13.4. The highest BCUT2D eigenvalue weighted by Gasteiger charge is 2.18. The van der Waals surface area contributed by atoms with Gasteiger partial charge in [-0.25, -0.2) is 0 Å². The molecule has 17 heavy (non-hydrogen) atoms. The molecule has 1 heterocycles. The van der Waals surface area contributed by atoms with E-state index in [1.165, 1.54) is 57.9 Å². The van der Waals surface area contributed by atoms with E-state index in [1.54, 1.807) is 0 Å². The summed E-state index contributed by atoms with van der Waals surface area (Å²) in [5.41, 5.74) is 0. The first-order valence-electron chi connectivity index (χ1n) is 7.67. The molecule has 1 aliphatic carbocycles. The van der Waals surface area contributed by atoms with E-state index in [9.17, 15) is 0 Å². The molecule has 0 aromatic heterocycles. The molecule has 1 saturated carbocycles. The summed E-state index contributed by atoms with van der Waals surface area (Å²) in [7, 11) is 0. The lowest BCUT2D eigenvalue weighted by atomic mass is 9.81. The molecule has 1 aliphatic heterocycles. The lowest BCUT2D eigenvalue weighted by Gasteiger charge is -2.26. The molecular weight excluding hydrogens is 210 g/mol. The van der Waals surface area contributed by atoms with E-state index in [2.05, 4.69) is 12.2 Å². The highest BCUT2D eigenvalue weighted by molar-refractivity contribution is 4.72. The second kappa shape index (κ2) is 7.38. The van der Waals surface area contributed by atoms with E-state index in [0.717, 1.165) is 25.0 Å². The summed E-state index contributed by atoms with van der Waals surface area (Å²) in [6.07, 6.45) is 11.6. The third kappa shape index (κ3) is 4.97. The van der Waals surface area contributed by atoms with E-state index in [4.69, 9.17) is 4.74 Å². The zero-order chi connectivity index (χ0) is 11.9. The van der Waals surface area contributed by atoms with Crippen molar-refractivity contribution in [1.29, 1.82) is 0 Å². The zero-order valence-corrected chi connectivity index (χ0v) is 11.4. The molecule has 0 radical (unpaired) electrons. The molecule has 2 rings (SSSR count). The lowest BCUT2D eigenvalue weighted by molar-refractivity contribution is 0.104. The largest absolute Gasteiger partial charge is 0.378 e. The minimum Gasteiger partial charge on any atom is -0.378 e. The second-order valence-electron chi connectivity index (χ2n) is 6.10. The minimum atomic E-state index is 0.553. The van der Waals surface area contributed by atoms with Crippen LogP contribution in [0.1, 0.15) is 58.3 Å². The molecule has 1 saturated heterocycles. The summed E-state index contributed by atoms with van der Waals surface area (Å²) < 4.78 is 5.62. The molecule has 2 fully saturated rings. The Kier molecular flexibility index (Phi) is 5.79. The Labute approximate surface area is 107 Å². The van der Waals surface area contributed by atoms with Crippen LogP contribution in [0.5, 0.6) is 0 Å². The van der Waals surface area contributed by atoms with Gasteiger partial charge in [0, 0.05) is 6.61 Å². The quantitative estimate of drug-likeness (QED) is 0.718. The Morgan fingerprint density at radius 2 is 1.94 bits per heavy atom. The average Bonchev–Trinajstić information content (AvgIpc) is 2.82. The van der Waals surface area contributed by atoms with Crippen LogP contribution in [-0.2, 0) is 4.74 Å². The van der Waals surface area contributed by atoms with Crippen LogP contribution in [0.3, 0.4) is 0 Å². The maximum Gasteiger partial charge on any atom is 0.0588 e. The standard InChI is InChI=1S/C15H29NO/c1-13-4-2-5-14(12-13)7-9-16-10-8-15-6-3-11-17-15/h13-16H,2-12H2,1H3. The number of nitrogens with one attached hydrogen (secondary N) is 1. The highest BCUT2D eigenvalue weighted by atomic mass is 16.5. The van der Waals surface area contributed by atoms with E-state index >= 15 is 0 Å². The van der Waals surface area contributed by atoms with Crippen molar-refractivity contribution in [3.63, 3.8) is 0 Å². The Balaban J connectivity index is 1.45. The fraction of sp³-hybridized carbons (Fsp3) is 1.00. The third-order valence-corrected chi connectivity index (χ3v) is 4.44. The van der Waals surface area contributed by atoms with Crippen molar-refractivity contribution >= 4 is 0 Å². The van der Waals surface area contributed by atoms with Crippen molar-refractivity contribution in [1.82, 2.24) is 5.32 Å². The van der Waals surface area contributed by atoms with Gasteiger partial charge in [0.05, 0.1) is 6.10 Å². The third-order valence-electron chi connectivity index (χ3n) is 4.44. The molecule has 100 valence electrons. The van der Waals surface area contributed by atoms with Crippen molar-refractivity contribution in [2.45, 2.75) is 64.4 Å². The molecular formula is C15H29NO. The van der Waals surface area contributed by atoms with Gasteiger partial charge in [-0.2, -0.15) is 0 Å². The second-order valence-corrected chi connectivity index (χ2v) is 6.10. The average molecular weight is 239 g/mol. The first-order chi connectivity index (χ1) is 8.34. The van der Waals surface area contributed by atoms with E-state index in [1.807, 2.05) is 0 Å². The number of ether oxygens (including phenoxy) is 1. The van der Waals surface area contributed by atoms with Gasteiger partial charge in [-0.05, 0) is 57.0 Å². The smallest absolute Gasteiger partial charge is 0.0588 e. The normalized spacial score (nSPS) is 34.1. The van der Waals surface area contributed by atoms with Gasteiger partial charge in [-0.3, -0.25) is 0 Å². The number of rotatable bonds is 6. The molecule has 0 bridgehead atoms. The van der Waals surface area contributed by atoms with Crippen LogP contribution in [0, 0.1) is 11.8 Å².